The zero-order valence-electron chi connectivity index (χ0n) is 28.2. The molecule has 3 aromatic carbocycles. The summed E-state index contributed by atoms with van der Waals surface area (Å²) >= 11 is 12.3. The third-order valence-corrected chi connectivity index (χ3v) is 10.8. The number of allylic oxidation sites excluding steroid dienone is 1. The smallest absolute Gasteiger partial charge is 0.340 e. The monoisotopic (exact) mass is 738 g/mol. The maximum absolute atomic E-state index is 13.9. The number of hydrogen-bond acceptors (Lipinski definition) is 8. The van der Waals surface area contributed by atoms with Crippen molar-refractivity contribution in [3.05, 3.63) is 128 Å². The molecule has 0 fully saturated rings. The number of carbonyl (C=O) groups excluding carboxylic acids is 2. The molecule has 2 heterocycles. The van der Waals surface area contributed by atoms with Gasteiger partial charge in [-0.3, -0.25) is 4.79 Å². The fraction of sp³-hybridized carbons (Fsp3) is 0.243. The van der Waals surface area contributed by atoms with Gasteiger partial charge in [-0.2, -0.15) is 4.31 Å². The summed E-state index contributed by atoms with van der Waals surface area (Å²) in [5.41, 5.74) is 3.10. The number of halogens is 2. The molecule has 4 aromatic rings. The fourth-order valence-corrected chi connectivity index (χ4v) is 7.29. The van der Waals surface area contributed by atoms with E-state index in [2.05, 4.69) is 0 Å². The average Bonchev–Trinajstić information content (AvgIpc) is 3.64. The number of aryl methyl sites for hydroxylation is 1. The average molecular weight is 740 g/mol. The molecule has 50 heavy (non-hydrogen) atoms. The van der Waals surface area contributed by atoms with Gasteiger partial charge in [0.15, 0.2) is 11.5 Å². The maximum atomic E-state index is 13.9. The van der Waals surface area contributed by atoms with Crippen molar-refractivity contribution in [2.75, 3.05) is 27.9 Å². The summed E-state index contributed by atoms with van der Waals surface area (Å²) in [7, 11) is 0.357. The van der Waals surface area contributed by atoms with Gasteiger partial charge >= 0.3 is 5.97 Å². The number of carbonyl (C=O) groups is 2. The molecule has 0 unspecified atom stereocenters. The third-order valence-electron chi connectivity index (χ3n) is 8.28. The van der Waals surface area contributed by atoms with Crippen molar-refractivity contribution in [2.45, 2.75) is 38.3 Å². The lowest BCUT2D eigenvalue weighted by atomic mass is 10.1. The van der Waals surface area contributed by atoms with E-state index < -0.39 is 21.9 Å². The van der Waals surface area contributed by atoms with Gasteiger partial charge in [0.05, 0.1) is 54.0 Å². The lowest BCUT2D eigenvalue weighted by Crippen LogP contribution is -2.30. The number of benzene rings is 3. The van der Waals surface area contributed by atoms with Gasteiger partial charge in [0.25, 0.3) is 5.91 Å². The van der Waals surface area contributed by atoms with E-state index in [9.17, 15) is 18.0 Å². The molecule has 0 aliphatic carbocycles. The molecule has 10 nitrogen and oxygen atoms in total. The number of amides is 1. The van der Waals surface area contributed by atoms with Crippen LogP contribution in [0.25, 0.3) is 6.08 Å². The predicted octanol–water partition coefficient (Wildman–Crippen LogP) is 7.22. The molecule has 1 aliphatic heterocycles. The van der Waals surface area contributed by atoms with Crippen LogP contribution in [0.5, 0.6) is 11.5 Å². The van der Waals surface area contributed by atoms with E-state index in [1.54, 1.807) is 81.8 Å². The summed E-state index contributed by atoms with van der Waals surface area (Å²) in [6.45, 7) is 3.68. The predicted molar refractivity (Wildman–Crippen MR) is 190 cm³/mol. The summed E-state index contributed by atoms with van der Waals surface area (Å²) in [5, 5.41) is 0.649. The van der Waals surface area contributed by atoms with Crippen LogP contribution in [0.15, 0.2) is 99.0 Å². The number of hydrogen-bond donors (Lipinski definition) is 0. The van der Waals surface area contributed by atoms with Crippen LogP contribution in [0.3, 0.4) is 0 Å². The zero-order valence-corrected chi connectivity index (χ0v) is 30.5. The lowest BCUT2D eigenvalue weighted by molar-refractivity contribution is -0.136. The summed E-state index contributed by atoms with van der Waals surface area (Å²) in [4.78, 5) is 28.3. The summed E-state index contributed by atoms with van der Waals surface area (Å²) < 4.78 is 50.9. The molecular weight excluding hydrogens is 703 g/mol. The minimum atomic E-state index is -4.00. The van der Waals surface area contributed by atoms with E-state index >= 15 is 0 Å². The third kappa shape index (κ3) is 7.92. The van der Waals surface area contributed by atoms with E-state index in [-0.39, 0.29) is 41.4 Å². The van der Waals surface area contributed by atoms with Gasteiger partial charge in [-0.1, -0.05) is 53.0 Å². The first-order chi connectivity index (χ1) is 23.9. The molecule has 0 radical (unpaired) electrons. The van der Waals surface area contributed by atoms with E-state index in [4.69, 9.17) is 41.8 Å². The first kappa shape index (κ1) is 36.7. The van der Waals surface area contributed by atoms with Crippen molar-refractivity contribution in [1.82, 2.24) is 9.21 Å². The number of furan rings is 1. The molecule has 0 saturated heterocycles. The molecule has 1 aliphatic rings. The fourth-order valence-electron chi connectivity index (χ4n) is 5.57. The van der Waals surface area contributed by atoms with Gasteiger partial charge in [0.1, 0.15) is 11.5 Å². The largest absolute Gasteiger partial charge is 0.493 e. The molecular formula is C37H36Cl2N2O8S. The Bertz CT molecular complexity index is 2090. The molecule has 5 rings (SSSR count). The lowest BCUT2D eigenvalue weighted by Gasteiger charge is -2.22. The number of ether oxygens (including phenoxy) is 3. The zero-order chi connectivity index (χ0) is 36.2. The standard InChI is InChI=1S/C37H36Cl2N2O8S/c1-23-6-12-29(13-7-23)50(44,45)40(21-26-8-14-31(38)32(39)18-26)22-28-11-10-27(49-28)20-30-35(37(43)48-5)24(2)41(36(30)42)17-16-25-9-15-33(46-3)34(19-25)47-4/h6-15,18-20H,16-17,21-22H2,1-5H3/b30-20+. The Morgan fingerprint density at radius 3 is 2.22 bits per heavy atom. The van der Waals surface area contributed by atoms with Crippen molar-refractivity contribution < 1.29 is 36.6 Å². The first-order valence-corrected chi connectivity index (χ1v) is 17.7. The number of esters is 1. The van der Waals surface area contributed by atoms with Gasteiger partial charge in [0.2, 0.25) is 10.0 Å². The Balaban J connectivity index is 1.42. The number of rotatable bonds is 13. The summed E-state index contributed by atoms with van der Waals surface area (Å²) in [6.07, 6.45) is 1.94. The topological polar surface area (TPSA) is 116 Å². The Hall–Kier alpha value is -4.55. The van der Waals surface area contributed by atoms with Gasteiger partial charge in [-0.15, -0.1) is 0 Å². The Morgan fingerprint density at radius 1 is 0.860 bits per heavy atom. The second-order valence-corrected chi connectivity index (χ2v) is 14.3. The van der Waals surface area contributed by atoms with E-state index in [0.717, 1.165) is 11.1 Å². The van der Waals surface area contributed by atoms with Crippen LogP contribution in [-0.2, 0) is 43.9 Å². The van der Waals surface area contributed by atoms with Crippen molar-refractivity contribution in [1.29, 1.82) is 0 Å². The van der Waals surface area contributed by atoms with Crippen molar-refractivity contribution in [2.24, 2.45) is 0 Å². The van der Waals surface area contributed by atoms with Crippen LogP contribution in [0.4, 0.5) is 0 Å². The SMILES string of the molecule is COC(=O)C1=C(C)N(CCc2ccc(OC)c(OC)c2)C(=O)/C1=C/c1ccc(CN(Cc2ccc(Cl)c(Cl)c2)S(=O)(=O)c2ccc(C)cc2)o1. The first-order valence-electron chi connectivity index (χ1n) is 15.5. The minimum Gasteiger partial charge on any atom is -0.493 e. The molecule has 0 bridgehead atoms. The van der Waals surface area contributed by atoms with Crippen LogP contribution in [0.2, 0.25) is 10.0 Å². The Kier molecular flexibility index (Phi) is 11.4. The summed E-state index contributed by atoms with van der Waals surface area (Å²) in [5.74, 6) is 0.650. The molecule has 0 N–H and O–H groups in total. The Morgan fingerprint density at radius 2 is 1.56 bits per heavy atom. The molecule has 1 aromatic heterocycles. The highest BCUT2D eigenvalue weighted by Gasteiger charge is 2.37. The number of methoxy groups -OCH3 is 3. The van der Waals surface area contributed by atoms with E-state index in [1.807, 2.05) is 19.1 Å². The van der Waals surface area contributed by atoms with Gasteiger partial charge < -0.3 is 23.5 Å². The van der Waals surface area contributed by atoms with Gasteiger partial charge in [-0.05, 0) is 86.0 Å². The van der Waals surface area contributed by atoms with Crippen LogP contribution >= 0.6 is 23.2 Å². The van der Waals surface area contributed by atoms with Crippen molar-refractivity contribution >= 4 is 51.2 Å². The van der Waals surface area contributed by atoms with Crippen LogP contribution in [0, 0.1) is 6.92 Å². The highest BCUT2D eigenvalue weighted by atomic mass is 35.5. The highest BCUT2D eigenvalue weighted by Crippen LogP contribution is 2.34. The van der Waals surface area contributed by atoms with Crippen molar-refractivity contribution in [3.8, 4) is 11.5 Å². The highest BCUT2D eigenvalue weighted by molar-refractivity contribution is 7.89. The molecule has 0 spiro atoms. The van der Waals surface area contributed by atoms with Crippen LogP contribution in [-0.4, -0.2) is 57.4 Å². The van der Waals surface area contributed by atoms with Crippen LogP contribution in [0.1, 0.15) is 35.1 Å². The molecule has 262 valence electrons. The molecule has 1 amide bonds. The number of sulfonamides is 1. The Labute approximate surface area is 301 Å². The van der Waals surface area contributed by atoms with E-state index in [0.29, 0.717) is 45.0 Å². The van der Waals surface area contributed by atoms with Gasteiger partial charge in [0, 0.05) is 18.8 Å². The summed E-state index contributed by atoms with van der Waals surface area (Å²) in [6, 6.07) is 20.2. The number of nitrogens with zero attached hydrogens (tertiary/aromatic N) is 2. The van der Waals surface area contributed by atoms with Gasteiger partial charge in [-0.25, -0.2) is 13.2 Å². The molecule has 0 atom stereocenters. The quantitative estimate of drug-likeness (QED) is 0.104. The van der Waals surface area contributed by atoms with E-state index in [1.165, 1.54) is 22.4 Å². The van der Waals surface area contributed by atoms with Crippen molar-refractivity contribution in [3.63, 3.8) is 0 Å². The molecule has 0 saturated carbocycles. The second kappa shape index (κ2) is 15.6. The minimum absolute atomic E-state index is 0.0217. The van der Waals surface area contributed by atoms with Crippen LogP contribution < -0.4 is 9.47 Å². The second-order valence-electron chi connectivity index (χ2n) is 11.5. The molecule has 13 heteroatoms. The normalized spacial score (nSPS) is 14.2. The maximum Gasteiger partial charge on any atom is 0.340 e.